The van der Waals surface area contributed by atoms with Crippen LogP contribution in [0.15, 0.2) is 18.2 Å². The molecule has 22 heavy (non-hydrogen) atoms. The molecule has 0 atom stereocenters. The van der Waals surface area contributed by atoms with Crippen LogP contribution in [0.25, 0.3) is 0 Å². The molecule has 4 heteroatoms. The van der Waals surface area contributed by atoms with Crippen LogP contribution in [0.3, 0.4) is 0 Å². The highest BCUT2D eigenvalue weighted by molar-refractivity contribution is 7.15. The number of carbonyl (C=O) groups is 1. The fraction of sp³-hybridized carbons (Fsp3) is 0.444. The Labute approximate surface area is 134 Å². The van der Waals surface area contributed by atoms with Gasteiger partial charge in [-0.15, -0.1) is 11.3 Å². The van der Waals surface area contributed by atoms with Crippen LogP contribution in [0.5, 0.6) is 0 Å². The van der Waals surface area contributed by atoms with Crippen LogP contribution in [0.2, 0.25) is 0 Å². The number of anilines is 1. The van der Waals surface area contributed by atoms with E-state index in [1.165, 1.54) is 47.4 Å². The maximum atomic E-state index is 12.2. The molecule has 1 N–H and O–H groups in total. The molecule has 2 aliphatic rings. The first-order valence-corrected chi connectivity index (χ1v) is 8.99. The molecule has 0 radical (unpaired) electrons. The lowest BCUT2D eigenvalue weighted by Gasteiger charge is -2.16. The lowest BCUT2D eigenvalue weighted by molar-refractivity contribution is -0.115. The van der Waals surface area contributed by atoms with E-state index in [-0.39, 0.29) is 5.91 Å². The number of rotatable bonds is 3. The quantitative estimate of drug-likeness (QED) is 0.939. The Morgan fingerprint density at radius 2 is 1.95 bits per heavy atom. The van der Waals surface area contributed by atoms with Crippen LogP contribution in [-0.4, -0.2) is 10.9 Å². The summed E-state index contributed by atoms with van der Waals surface area (Å²) < 4.78 is 0. The van der Waals surface area contributed by atoms with Crippen molar-refractivity contribution in [3.05, 3.63) is 45.5 Å². The van der Waals surface area contributed by atoms with E-state index in [0.717, 1.165) is 30.0 Å². The SMILES string of the molecule is O=C(Cc1ccc2c(c1)CCCC2)Nc1nc2c(s1)CCC2. The van der Waals surface area contributed by atoms with E-state index in [4.69, 9.17) is 0 Å². The van der Waals surface area contributed by atoms with Crippen LogP contribution in [0.1, 0.15) is 46.5 Å². The fourth-order valence-electron chi connectivity index (χ4n) is 3.49. The summed E-state index contributed by atoms with van der Waals surface area (Å²) in [5, 5.41) is 3.74. The fourth-order valence-corrected chi connectivity index (χ4v) is 4.56. The third-order valence-corrected chi connectivity index (χ3v) is 5.69. The van der Waals surface area contributed by atoms with Gasteiger partial charge in [-0.1, -0.05) is 18.2 Å². The number of hydrogen-bond acceptors (Lipinski definition) is 3. The van der Waals surface area contributed by atoms with Crippen LogP contribution >= 0.6 is 11.3 Å². The minimum atomic E-state index is 0.0446. The second-order valence-electron chi connectivity index (χ2n) is 6.28. The molecule has 0 spiro atoms. The number of thiazole rings is 1. The number of hydrogen-bond donors (Lipinski definition) is 1. The van der Waals surface area contributed by atoms with E-state index in [0.29, 0.717) is 6.42 Å². The highest BCUT2D eigenvalue weighted by Gasteiger charge is 2.18. The normalized spacial score (nSPS) is 16.2. The second-order valence-corrected chi connectivity index (χ2v) is 7.36. The molecule has 1 aromatic carbocycles. The maximum absolute atomic E-state index is 12.2. The highest BCUT2D eigenvalue weighted by Crippen LogP contribution is 2.30. The molecule has 0 bridgehead atoms. The minimum Gasteiger partial charge on any atom is -0.302 e. The Hall–Kier alpha value is -1.68. The van der Waals surface area contributed by atoms with Crippen LogP contribution in [0.4, 0.5) is 5.13 Å². The Morgan fingerprint density at radius 1 is 1.09 bits per heavy atom. The van der Waals surface area contributed by atoms with Crippen LogP contribution in [0, 0.1) is 0 Å². The van der Waals surface area contributed by atoms with Gasteiger partial charge in [0.25, 0.3) is 0 Å². The van der Waals surface area contributed by atoms with E-state index < -0.39 is 0 Å². The summed E-state index contributed by atoms with van der Waals surface area (Å²) in [5.74, 6) is 0.0446. The molecule has 1 amide bonds. The molecule has 1 heterocycles. The lowest BCUT2D eigenvalue weighted by Crippen LogP contribution is -2.15. The van der Waals surface area contributed by atoms with Gasteiger partial charge in [-0.05, 0) is 61.6 Å². The van der Waals surface area contributed by atoms with E-state index in [1.54, 1.807) is 11.3 Å². The van der Waals surface area contributed by atoms with Gasteiger partial charge in [0.05, 0.1) is 12.1 Å². The number of nitrogens with one attached hydrogen (secondary N) is 1. The molecule has 4 rings (SSSR count). The number of fused-ring (bicyclic) bond motifs is 2. The van der Waals surface area contributed by atoms with Crippen molar-refractivity contribution in [2.24, 2.45) is 0 Å². The zero-order chi connectivity index (χ0) is 14.9. The van der Waals surface area contributed by atoms with Gasteiger partial charge in [-0.2, -0.15) is 0 Å². The molecular weight excluding hydrogens is 292 g/mol. The first kappa shape index (κ1) is 13.9. The summed E-state index contributed by atoms with van der Waals surface area (Å²) in [6.45, 7) is 0. The van der Waals surface area contributed by atoms with Crippen LogP contribution in [-0.2, 0) is 36.9 Å². The van der Waals surface area contributed by atoms with Gasteiger partial charge in [-0.25, -0.2) is 4.98 Å². The molecule has 0 saturated heterocycles. The largest absolute Gasteiger partial charge is 0.302 e. The molecule has 3 nitrogen and oxygen atoms in total. The van der Waals surface area contributed by atoms with Crippen molar-refractivity contribution in [2.45, 2.75) is 51.4 Å². The van der Waals surface area contributed by atoms with Gasteiger partial charge in [-0.3, -0.25) is 4.79 Å². The van der Waals surface area contributed by atoms with Crippen molar-refractivity contribution < 1.29 is 4.79 Å². The Morgan fingerprint density at radius 3 is 2.82 bits per heavy atom. The van der Waals surface area contributed by atoms with Crippen molar-refractivity contribution in [3.63, 3.8) is 0 Å². The van der Waals surface area contributed by atoms with Crippen molar-refractivity contribution >= 4 is 22.4 Å². The molecule has 0 aliphatic heterocycles. The van der Waals surface area contributed by atoms with Crippen LogP contribution < -0.4 is 5.32 Å². The van der Waals surface area contributed by atoms with Gasteiger partial charge in [0.1, 0.15) is 0 Å². The van der Waals surface area contributed by atoms with Gasteiger partial charge in [0, 0.05) is 4.88 Å². The average Bonchev–Trinajstić information content (AvgIpc) is 3.08. The second kappa shape index (κ2) is 5.84. The van der Waals surface area contributed by atoms with E-state index in [1.807, 2.05) is 0 Å². The Kier molecular flexibility index (Phi) is 3.70. The maximum Gasteiger partial charge on any atom is 0.230 e. The smallest absolute Gasteiger partial charge is 0.230 e. The summed E-state index contributed by atoms with van der Waals surface area (Å²) in [5.41, 5.74) is 5.20. The van der Waals surface area contributed by atoms with Crippen molar-refractivity contribution in [1.82, 2.24) is 4.98 Å². The Balaban J connectivity index is 1.43. The summed E-state index contributed by atoms with van der Waals surface area (Å²) in [6.07, 6.45) is 8.74. The topological polar surface area (TPSA) is 42.0 Å². The van der Waals surface area contributed by atoms with E-state index >= 15 is 0 Å². The summed E-state index contributed by atoms with van der Waals surface area (Å²) in [4.78, 5) is 18.1. The predicted octanol–water partition coefficient (Wildman–Crippen LogP) is 3.69. The predicted molar refractivity (Wildman–Crippen MR) is 89.6 cm³/mol. The number of benzene rings is 1. The first-order valence-electron chi connectivity index (χ1n) is 8.17. The third-order valence-electron chi connectivity index (χ3n) is 4.62. The molecular formula is C18H20N2OS. The monoisotopic (exact) mass is 312 g/mol. The van der Waals surface area contributed by atoms with Gasteiger partial charge >= 0.3 is 0 Å². The van der Waals surface area contributed by atoms with Gasteiger partial charge in [0.15, 0.2) is 5.13 Å². The number of nitrogens with zero attached hydrogens (tertiary/aromatic N) is 1. The number of amides is 1. The van der Waals surface area contributed by atoms with E-state index in [2.05, 4.69) is 28.5 Å². The number of aromatic nitrogens is 1. The Bertz CT molecular complexity index is 698. The molecule has 2 aliphatic carbocycles. The van der Waals surface area contributed by atoms with E-state index in [9.17, 15) is 4.79 Å². The minimum absolute atomic E-state index is 0.0446. The summed E-state index contributed by atoms with van der Waals surface area (Å²) in [6, 6.07) is 6.52. The molecule has 0 unspecified atom stereocenters. The highest BCUT2D eigenvalue weighted by atomic mass is 32.1. The van der Waals surface area contributed by atoms with Gasteiger partial charge in [0.2, 0.25) is 5.91 Å². The molecule has 2 aromatic rings. The zero-order valence-corrected chi connectivity index (χ0v) is 13.5. The van der Waals surface area contributed by atoms with Crippen molar-refractivity contribution in [1.29, 1.82) is 0 Å². The van der Waals surface area contributed by atoms with Crippen molar-refractivity contribution in [3.8, 4) is 0 Å². The standard InChI is InChI=1S/C18H20N2OS/c21-17(20-18-19-15-6-3-7-16(15)22-18)11-12-8-9-13-4-1-2-5-14(13)10-12/h8-10H,1-7,11H2,(H,19,20,21). The molecule has 0 saturated carbocycles. The zero-order valence-electron chi connectivity index (χ0n) is 12.7. The molecule has 114 valence electrons. The third kappa shape index (κ3) is 2.80. The van der Waals surface area contributed by atoms with Gasteiger partial charge < -0.3 is 5.32 Å². The number of carbonyl (C=O) groups excluding carboxylic acids is 1. The summed E-state index contributed by atoms with van der Waals surface area (Å²) >= 11 is 1.64. The van der Waals surface area contributed by atoms with Crippen molar-refractivity contribution in [2.75, 3.05) is 5.32 Å². The first-order chi connectivity index (χ1) is 10.8. The molecule has 0 fully saturated rings. The average molecular weight is 312 g/mol. The number of aryl methyl sites for hydroxylation is 4. The summed E-state index contributed by atoms with van der Waals surface area (Å²) in [7, 11) is 0. The molecule has 1 aromatic heterocycles. The lowest BCUT2D eigenvalue weighted by atomic mass is 9.90.